The van der Waals surface area contributed by atoms with Gasteiger partial charge in [-0.25, -0.2) is 4.79 Å². The first kappa shape index (κ1) is 27.3. The molecule has 0 radical (unpaired) electrons. The summed E-state index contributed by atoms with van der Waals surface area (Å²) in [6.07, 6.45) is 3.11. The monoisotopic (exact) mass is 569 g/mol. The highest BCUT2D eigenvalue weighted by Crippen LogP contribution is 2.33. The fourth-order valence-corrected chi connectivity index (χ4v) is 6.43. The predicted molar refractivity (Wildman–Crippen MR) is 164 cm³/mol. The number of hydrogen-bond acceptors (Lipinski definition) is 7. The van der Waals surface area contributed by atoms with Crippen LogP contribution in [0.15, 0.2) is 78.2 Å². The largest absolute Gasteiger partial charge is 0.494 e. The number of nitrogens with zero attached hydrogens (tertiary/aromatic N) is 3. The third kappa shape index (κ3) is 6.39. The Morgan fingerprint density at radius 3 is 2.56 bits per heavy atom. The van der Waals surface area contributed by atoms with Crippen LogP contribution in [0.2, 0.25) is 0 Å². The lowest BCUT2D eigenvalue weighted by molar-refractivity contribution is -0.119. The summed E-state index contributed by atoms with van der Waals surface area (Å²) in [4.78, 5) is 31.7. The molecular weight excluding hydrogens is 534 g/mol. The molecule has 1 amide bonds. The van der Waals surface area contributed by atoms with Crippen LogP contribution in [0, 0.1) is 0 Å². The van der Waals surface area contributed by atoms with Crippen molar-refractivity contribution in [3.05, 3.63) is 89.3 Å². The Morgan fingerprint density at radius 1 is 0.854 bits per heavy atom. The number of ether oxygens (including phenoxy) is 2. The Hall–Kier alpha value is -3.88. The summed E-state index contributed by atoms with van der Waals surface area (Å²) in [6, 6.07) is 23.5. The fraction of sp³-hybridized carbons (Fsp3) is 0.333. The number of benzene rings is 3. The second-order valence-electron chi connectivity index (χ2n) is 10.5. The molecule has 0 saturated carbocycles. The van der Waals surface area contributed by atoms with Crippen LogP contribution in [-0.4, -0.2) is 62.8 Å². The molecule has 6 rings (SSSR count). The minimum Gasteiger partial charge on any atom is -0.494 e. The van der Waals surface area contributed by atoms with Crippen LogP contribution in [0.3, 0.4) is 0 Å². The molecule has 0 N–H and O–H groups in total. The predicted octanol–water partition coefficient (Wildman–Crippen LogP) is 5.98. The summed E-state index contributed by atoms with van der Waals surface area (Å²) in [6.45, 7) is 5.83. The Labute approximate surface area is 244 Å². The van der Waals surface area contributed by atoms with Gasteiger partial charge in [-0.15, -0.1) is 11.3 Å². The molecule has 41 heavy (non-hydrogen) atoms. The standard InChI is InChI=1S/C33H35N3O4S/c37-32-14-12-25-11-13-27(23-30(25)36(32)24-40-33(38)26-7-2-1-3-8-26)39-21-5-4-16-34-17-19-35(20-18-34)29-9-6-10-31-28(29)15-22-41-31/h1-3,6-11,13,15,22-23H,4-5,12,14,16-21,24H2. The Bertz CT molecular complexity index is 1500. The fourth-order valence-electron chi connectivity index (χ4n) is 5.62. The first-order valence-electron chi connectivity index (χ1n) is 14.4. The molecule has 0 aliphatic carbocycles. The molecule has 0 unspecified atom stereocenters. The van der Waals surface area contributed by atoms with Crippen LogP contribution in [-0.2, 0) is 16.0 Å². The second kappa shape index (κ2) is 12.7. The lowest BCUT2D eigenvalue weighted by Gasteiger charge is -2.36. The Kier molecular flexibility index (Phi) is 8.49. The number of anilines is 2. The van der Waals surface area contributed by atoms with Crippen molar-refractivity contribution in [2.24, 2.45) is 0 Å². The van der Waals surface area contributed by atoms with Crippen molar-refractivity contribution in [2.75, 3.05) is 55.9 Å². The second-order valence-corrected chi connectivity index (χ2v) is 11.5. The van der Waals surface area contributed by atoms with Crippen molar-refractivity contribution in [1.82, 2.24) is 4.90 Å². The number of esters is 1. The molecule has 212 valence electrons. The van der Waals surface area contributed by atoms with Gasteiger partial charge in [0.1, 0.15) is 5.75 Å². The minimum atomic E-state index is -0.445. The van der Waals surface area contributed by atoms with E-state index in [1.54, 1.807) is 40.5 Å². The van der Waals surface area contributed by atoms with Gasteiger partial charge in [-0.3, -0.25) is 14.6 Å². The van der Waals surface area contributed by atoms with Crippen LogP contribution in [0.4, 0.5) is 11.4 Å². The summed E-state index contributed by atoms with van der Waals surface area (Å²) in [5, 5.41) is 3.54. The van der Waals surface area contributed by atoms with E-state index < -0.39 is 5.97 Å². The van der Waals surface area contributed by atoms with Gasteiger partial charge in [0.25, 0.3) is 0 Å². The lowest BCUT2D eigenvalue weighted by Crippen LogP contribution is -2.46. The number of fused-ring (bicyclic) bond motifs is 2. The molecule has 0 spiro atoms. The van der Waals surface area contributed by atoms with E-state index >= 15 is 0 Å². The normalized spacial score (nSPS) is 15.7. The molecule has 0 bridgehead atoms. The molecule has 3 aromatic carbocycles. The number of carbonyl (C=O) groups is 2. The first-order chi connectivity index (χ1) is 20.2. The minimum absolute atomic E-state index is 0.0531. The van der Waals surface area contributed by atoms with Crippen LogP contribution in [0.5, 0.6) is 5.75 Å². The first-order valence-corrected chi connectivity index (χ1v) is 15.3. The van der Waals surface area contributed by atoms with E-state index in [4.69, 9.17) is 9.47 Å². The SMILES string of the molecule is O=C(OCN1C(=O)CCc2ccc(OCCCCN3CCN(c4cccc5sccc45)CC3)cc21)c1ccccc1. The maximum absolute atomic E-state index is 12.7. The van der Waals surface area contributed by atoms with E-state index in [-0.39, 0.29) is 12.6 Å². The molecule has 4 aromatic rings. The van der Waals surface area contributed by atoms with Crippen molar-refractivity contribution >= 4 is 44.7 Å². The molecule has 2 aliphatic heterocycles. The van der Waals surface area contributed by atoms with Gasteiger partial charge in [0.15, 0.2) is 6.73 Å². The number of carbonyl (C=O) groups excluding carboxylic acids is 2. The van der Waals surface area contributed by atoms with Gasteiger partial charge < -0.3 is 14.4 Å². The molecule has 0 atom stereocenters. The van der Waals surface area contributed by atoms with Crippen molar-refractivity contribution in [3.63, 3.8) is 0 Å². The summed E-state index contributed by atoms with van der Waals surface area (Å²) >= 11 is 1.81. The number of thiophene rings is 1. The molecule has 3 heterocycles. The van der Waals surface area contributed by atoms with E-state index in [9.17, 15) is 9.59 Å². The van der Waals surface area contributed by atoms with Gasteiger partial charge in [-0.2, -0.15) is 0 Å². The third-order valence-electron chi connectivity index (χ3n) is 7.91. The van der Waals surface area contributed by atoms with Gasteiger partial charge in [0.05, 0.1) is 17.9 Å². The third-order valence-corrected chi connectivity index (χ3v) is 8.80. The zero-order valence-corrected chi connectivity index (χ0v) is 24.0. The van der Waals surface area contributed by atoms with Gasteiger partial charge in [-0.1, -0.05) is 30.3 Å². The van der Waals surface area contributed by atoms with E-state index in [0.717, 1.165) is 62.6 Å². The molecule has 1 fully saturated rings. The maximum Gasteiger partial charge on any atom is 0.339 e. The highest BCUT2D eigenvalue weighted by molar-refractivity contribution is 7.17. The quantitative estimate of drug-likeness (QED) is 0.173. The van der Waals surface area contributed by atoms with Crippen LogP contribution in [0.1, 0.15) is 35.2 Å². The Morgan fingerprint density at radius 2 is 1.71 bits per heavy atom. The van der Waals surface area contributed by atoms with Crippen molar-refractivity contribution in [2.45, 2.75) is 25.7 Å². The van der Waals surface area contributed by atoms with E-state index in [0.29, 0.717) is 25.0 Å². The topological polar surface area (TPSA) is 62.3 Å². The molecule has 1 aromatic heterocycles. The van der Waals surface area contributed by atoms with E-state index in [1.807, 2.05) is 24.3 Å². The highest BCUT2D eigenvalue weighted by atomic mass is 32.1. The van der Waals surface area contributed by atoms with Crippen LogP contribution < -0.4 is 14.5 Å². The van der Waals surface area contributed by atoms with Gasteiger partial charge >= 0.3 is 5.97 Å². The van der Waals surface area contributed by atoms with Crippen molar-refractivity contribution in [1.29, 1.82) is 0 Å². The van der Waals surface area contributed by atoms with Gasteiger partial charge in [0, 0.05) is 54.4 Å². The van der Waals surface area contributed by atoms with Crippen LogP contribution >= 0.6 is 11.3 Å². The zero-order valence-electron chi connectivity index (χ0n) is 23.2. The molecular formula is C33H35N3O4S. The van der Waals surface area contributed by atoms with Crippen LogP contribution in [0.25, 0.3) is 10.1 Å². The number of hydrogen-bond donors (Lipinski definition) is 0. The average Bonchev–Trinajstić information content (AvgIpc) is 3.50. The molecule has 2 aliphatic rings. The molecule has 8 heteroatoms. The number of aryl methyl sites for hydroxylation is 1. The zero-order chi connectivity index (χ0) is 28.0. The summed E-state index contributed by atoms with van der Waals surface area (Å²) in [7, 11) is 0. The van der Waals surface area contributed by atoms with Gasteiger partial charge in [0.2, 0.25) is 5.91 Å². The average molecular weight is 570 g/mol. The molecule has 1 saturated heterocycles. The number of unbranched alkanes of at least 4 members (excludes halogenated alkanes) is 1. The summed E-state index contributed by atoms with van der Waals surface area (Å²) in [5.74, 6) is 0.232. The van der Waals surface area contributed by atoms with E-state index in [1.165, 1.54) is 15.8 Å². The van der Waals surface area contributed by atoms with Crippen molar-refractivity contribution in [3.8, 4) is 5.75 Å². The summed E-state index contributed by atoms with van der Waals surface area (Å²) < 4.78 is 12.9. The number of amides is 1. The maximum atomic E-state index is 12.7. The van der Waals surface area contributed by atoms with E-state index in [2.05, 4.69) is 39.4 Å². The highest BCUT2D eigenvalue weighted by Gasteiger charge is 2.26. The lowest BCUT2D eigenvalue weighted by atomic mass is 10.0. The van der Waals surface area contributed by atoms with Gasteiger partial charge in [-0.05, 0) is 73.1 Å². The molecule has 7 nitrogen and oxygen atoms in total. The van der Waals surface area contributed by atoms with Crippen molar-refractivity contribution < 1.29 is 19.1 Å². The number of piperazine rings is 1. The number of rotatable bonds is 10. The summed E-state index contributed by atoms with van der Waals surface area (Å²) in [5.41, 5.74) is 3.64. The Balaban J connectivity index is 0.955. The smallest absolute Gasteiger partial charge is 0.339 e.